The van der Waals surface area contributed by atoms with Crippen LogP contribution in [-0.4, -0.2) is 57.5 Å². The van der Waals surface area contributed by atoms with Crippen molar-refractivity contribution in [3.05, 3.63) is 29.2 Å². The van der Waals surface area contributed by atoms with E-state index in [0.29, 0.717) is 31.3 Å². The first kappa shape index (κ1) is 17.2. The van der Waals surface area contributed by atoms with Crippen molar-refractivity contribution in [1.82, 2.24) is 24.8 Å². The van der Waals surface area contributed by atoms with Crippen molar-refractivity contribution >= 4 is 5.91 Å². The van der Waals surface area contributed by atoms with E-state index in [9.17, 15) is 4.79 Å². The lowest BCUT2D eigenvalue weighted by molar-refractivity contribution is 0.0694. The molecule has 26 heavy (non-hydrogen) atoms. The first-order valence-corrected chi connectivity index (χ1v) is 9.41. The van der Waals surface area contributed by atoms with Crippen LogP contribution < -0.4 is 0 Å². The summed E-state index contributed by atoms with van der Waals surface area (Å²) in [5.41, 5.74) is 1.85. The Bertz CT molecular complexity index is 769. The van der Waals surface area contributed by atoms with Gasteiger partial charge in [0.25, 0.3) is 5.91 Å². The molecule has 4 rings (SSSR count). The Morgan fingerprint density at radius 1 is 1.35 bits per heavy atom. The lowest BCUT2D eigenvalue weighted by Crippen LogP contribution is -2.39. The molecule has 0 aromatic carbocycles. The predicted octanol–water partition coefficient (Wildman–Crippen LogP) is 1.81. The van der Waals surface area contributed by atoms with E-state index in [4.69, 9.17) is 9.26 Å². The minimum atomic E-state index is 0.0805. The highest BCUT2D eigenvalue weighted by Crippen LogP contribution is 2.28. The maximum atomic E-state index is 13.0. The Labute approximate surface area is 152 Å². The van der Waals surface area contributed by atoms with Crippen LogP contribution in [0.25, 0.3) is 0 Å². The van der Waals surface area contributed by atoms with Gasteiger partial charge in [0, 0.05) is 33.2 Å². The average molecular weight is 359 g/mol. The number of nitrogens with zero attached hydrogens (tertiary/aromatic N) is 5. The molecule has 2 aliphatic rings. The third-order valence-electron chi connectivity index (χ3n) is 5.28. The van der Waals surface area contributed by atoms with E-state index in [-0.39, 0.29) is 11.8 Å². The SMILES string of the molecule is COCCc1noc([C@H]2CCCN(C(=O)c3cnn4c3CCCC4)C2)n1. The summed E-state index contributed by atoms with van der Waals surface area (Å²) in [6, 6.07) is 0. The zero-order valence-electron chi connectivity index (χ0n) is 15.2. The molecule has 1 saturated heterocycles. The van der Waals surface area contributed by atoms with Crippen LogP contribution in [0.4, 0.5) is 0 Å². The number of carbonyl (C=O) groups is 1. The molecular weight excluding hydrogens is 334 g/mol. The highest BCUT2D eigenvalue weighted by Gasteiger charge is 2.31. The molecule has 0 spiro atoms. The van der Waals surface area contributed by atoms with E-state index in [2.05, 4.69) is 15.2 Å². The number of ether oxygens (including phenoxy) is 1. The van der Waals surface area contributed by atoms with Crippen LogP contribution in [0, 0.1) is 0 Å². The van der Waals surface area contributed by atoms with Crippen LogP contribution in [0.15, 0.2) is 10.7 Å². The molecule has 0 radical (unpaired) electrons. The molecule has 1 atom stereocenters. The minimum Gasteiger partial charge on any atom is -0.384 e. The molecule has 2 aliphatic heterocycles. The first-order valence-electron chi connectivity index (χ1n) is 9.41. The summed E-state index contributed by atoms with van der Waals surface area (Å²) in [7, 11) is 1.65. The minimum absolute atomic E-state index is 0.0805. The maximum absolute atomic E-state index is 13.0. The van der Waals surface area contributed by atoms with Crippen molar-refractivity contribution in [2.24, 2.45) is 0 Å². The second-order valence-electron chi connectivity index (χ2n) is 7.07. The fourth-order valence-corrected chi connectivity index (χ4v) is 3.86. The topological polar surface area (TPSA) is 86.3 Å². The molecule has 8 heteroatoms. The number of piperidine rings is 1. The van der Waals surface area contributed by atoms with Gasteiger partial charge < -0.3 is 14.2 Å². The van der Waals surface area contributed by atoms with Crippen molar-refractivity contribution in [3.63, 3.8) is 0 Å². The molecule has 1 amide bonds. The molecule has 0 aliphatic carbocycles. The third kappa shape index (κ3) is 3.38. The second kappa shape index (κ2) is 7.57. The van der Waals surface area contributed by atoms with Crippen LogP contribution >= 0.6 is 0 Å². The van der Waals surface area contributed by atoms with Gasteiger partial charge in [0.2, 0.25) is 5.89 Å². The molecule has 140 valence electrons. The molecule has 1 fully saturated rings. The maximum Gasteiger partial charge on any atom is 0.257 e. The Hall–Kier alpha value is -2.22. The summed E-state index contributed by atoms with van der Waals surface area (Å²) in [6.45, 7) is 2.87. The van der Waals surface area contributed by atoms with Crippen LogP contribution in [0.3, 0.4) is 0 Å². The zero-order chi connectivity index (χ0) is 17.9. The van der Waals surface area contributed by atoms with Gasteiger partial charge in [0.05, 0.1) is 30.0 Å². The number of carbonyl (C=O) groups excluding carboxylic acids is 1. The van der Waals surface area contributed by atoms with E-state index in [1.165, 1.54) is 0 Å². The van der Waals surface area contributed by atoms with Crippen molar-refractivity contribution in [2.45, 2.75) is 51.0 Å². The number of aryl methyl sites for hydroxylation is 1. The number of hydrogen-bond acceptors (Lipinski definition) is 6. The number of likely N-dealkylation sites (tertiary alicyclic amines) is 1. The van der Waals surface area contributed by atoms with Crippen molar-refractivity contribution in [1.29, 1.82) is 0 Å². The predicted molar refractivity (Wildman–Crippen MR) is 92.9 cm³/mol. The smallest absolute Gasteiger partial charge is 0.257 e. The number of amides is 1. The highest BCUT2D eigenvalue weighted by atomic mass is 16.5. The van der Waals surface area contributed by atoms with Crippen molar-refractivity contribution in [2.75, 3.05) is 26.8 Å². The van der Waals surface area contributed by atoms with E-state index < -0.39 is 0 Å². The van der Waals surface area contributed by atoms with Gasteiger partial charge >= 0.3 is 0 Å². The van der Waals surface area contributed by atoms with E-state index in [0.717, 1.165) is 56.5 Å². The first-order chi connectivity index (χ1) is 12.8. The van der Waals surface area contributed by atoms with Crippen LogP contribution in [0.2, 0.25) is 0 Å². The van der Waals surface area contributed by atoms with Crippen LogP contribution in [0.1, 0.15) is 59.4 Å². The van der Waals surface area contributed by atoms with Crippen molar-refractivity contribution < 1.29 is 14.1 Å². The summed E-state index contributed by atoms with van der Waals surface area (Å²) >= 11 is 0. The van der Waals surface area contributed by atoms with Gasteiger partial charge in [-0.3, -0.25) is 9.48 Å². The molecule has 0 N–H and O–H groups in total. The van der Waals surface area contributed by atoms with E-state index in [1.807, 2.05) is 9.58 Å². The normalized spacial score (nSPS) is 20.2. The standard InChI is InChI=1S/C18H25N5O3/c1-25-10-7-16-20-17(26-21-16)13-5-4-8-22(12-13)18(24)14-11-19-23-9-3-2-6-15(14)23/h11,13H,2-10,12H2,1H3/t13-/m0/s1. The number of hydrogen-bond donors (Lipinski definition) is 0. The average Bonchev–Trinajstić information content (AvgIpc) is 3.33. The third-order valence-corrected chi connectivity index (χ3v) is 5.28. The van der Waals surface area contributed by atoms with Crippen molar-refractivity contribution in [3.8, 4) is 0 Å². The highest BCUT2D eigenvalue weighted by molar-refractivity contribution is 5.95. The zero-order valence-corrected chi connectivity index (χ0v) is 15.2. The Morgan fingerprint density at radius 2 is 2.27 bits per heavy atom. The van der Waals surface area contributed by atoms with E-state index in [1.54, 1.807) is 13.3 Å². The molecule has 0 unspecified atom stereocenters. The van der Waals surface area contributed by atoms with Gasteiger partial charge in [0.15, 0.2) is 5.82 Å². The van der Waals surface area contributed by atoms with Gasteiger partial charge in [-0.05, 0) is 32.1 Å². The number of aromatic nitrogens is 4. The molecule has 2 aromatic rings. The number of methoxy groups -OCH3 is 1. The van der Waals surface area contributed by atoms with Gasteiger partial charge in [-0.15, -0.1) is 0 Å². The Morgan fingerprint density at radius 3 is 3.15 bits per heavy atom. The lowest BCUT2D eigenvalue weighted by Gasteiger charge is -2.31. The number of rotatable bonds is 5. The summed E-state index contributed by atoms with van der Waals surface area (Å²) in [4.78, 5) is 19.4. The van der Waals surface area contributed by atoms with Gasteiger partial charge in [0.1, 0.15) is 0 Å². The summed E-state index contributed by atoms with van der Waals surface area (Å²) in [6.07, 6.45) is 7.47. The van der Waals surface area contributed by atoms with E-state index >= 15 is 0 Å². The van der Waals surface area contributed by atoms with Gasteiger partial charge in [-0.1, -0.05) is 5.16 Å². The molecule has 4 heterocycles. The lowest BCUT2D eigenvalue weighted by atomic mass is 9.97. The quantitative estimate of drug-likeness (QED) is 0.809. The molecule has 8 nitrogen and oxygen atoms in total. The van der Waals surface area contributed by atoms with Crippen LogP contribution in [-0.2, 0) is 24.1 Å². The molecular formula is C18H25N5O3. The summed E-state index contributed by atoms with van der Waals surface area (Å²) < 4.78 is 12.5. The Balaban J connectivity index is 1.45. The number of fused-ring (bicyclic) bond motifs is 1. The monoisotopic (exact) mass is 359 g/mol. The fraction of sp³-hybridized carbons (Fsp3) is 0.667. The largest absolute Gasteiger partial charge is 0.384 e. The Kier molecular flexibility index (Phi) is 5.01. The second-order valence-corrected chi connectivity index (χ2v) is 7.07. The summed E-state index contributed by atoms with van der Waals surface area (Å²) in [5, 5.41) is 8.42. The summed E-state index contributed by atoms with van der Waals surface area (Å²) in [5.74, 6) is 1.47. The molecule has 2 aromatic heterocycles. The van der Waals surface area contributed by atoms with Gasteiger partial charge in [-0.2, -0.15) is 10.1 Å². The molecule has 0 saturated carbocycles. The molecule has 0 bridgehead atoms. The van der Waals surface area contributed by atoms with Gasteiger partial charge in [-0.25, -0.2) is 0 Å². The van der Waals surface area contributed by atoms with Crippen LogP contribution in [0.5, 0.6) is 0 Å². The fourth-order valence-electron chi connectivity index (χ4n) is 3.86.